The smallest absolute Gasteiger partial charge is 0.335 e. The van der Waals surface area contributed by atoms with E-state index in [9.17, 15) is 9.90 Å². The van der Waals surface area contributed by atoms with Gasteiger partial charge in [-0.2, -0.15) is 0 Å². The highest BCUT2D eigenvalue weighted by atomic mass is 16.5. The van der Waals surface area contributed by atoms with Crippen molar-refractivity contribution in [2.75, 3.05) is 0 Å². The minimum Gasteiger partial charge on any atom is -0.478 e. The van der Waals surface area contributed by atoms with Crippen LogP contribution in [0.4, 0.5) is 0 Å². The summed E-state index contributed by atoms with van der Waals surface area (Å²) < 4.78 is 7.74. The molecule has 7 heteroatoms. The fourth-order valence-corrected chi connectivity index (χ4v) is 6.11. The van der Waals surface area contributed by atoms with Gasteiger partial charge in [0.1, 0.15) is 11.4 Å². The third kappa shape index (κ3) is 4.08. The molecule has 4 heterocycles. The molecule has 1 N–H and O–H groups in total. The van der Waals surface area contributed by atoms with E-state index in [0.29, 0.717) is 11.5 Å². The second-order valence-electron chi connectivity index (χ2n) is 10.3. The lowest BCUT2D eigenvalue weighted by molar-refractivity contribution is 0.0696. The third-order valence-electron chi connectivity index (χ3n) is 7.90. The molecule has 4 aromatic heterocycles. The Morgan fingerprint density at radius 2 is 1.87 bits per heavy atom. The predicted molar refractivity (Wildman–Crippen MR) is 146 cm³/mol. The highest BCUT2D eigenvalue weighted by molar-refractivity contribution is 5.98. The van der Waals surface area contributed by atoms with E-state index >= 15 is 0 Å². The van der Waals surface area contributed by atoms with E-state index in [1.807, 2.05) is 57.4 Å². The number of benzene rings is 1. The summed E-state index contributed by atoms with van der Waals surface area (Å²) in [5.41, 5.74) is 7.65. The quantitative estimate of drug-likeness (QED) is 0.263. The highest BCUT2D eigenvalue weighted by Gasteiger charge is 2.31. The van der Waals surface area contributed by atoms with Gasteiger partial charge in [0.15, 0.2) is 0 Å². The van der Waals surface area contributed by atoms with Crippen molar-refractivity contribution in [2.24, 2.45) is 5.92 Å². The summed E-state index contributed by atoms with van der Waals surface area (Å²) in [6.07, 6.45) is 10.7. The zero-order valence-electron chi connectivity index (χ0n) is 21.8. The number of carbonyl (C=O) groups is 1. The van der Waals surface area contributed by atoms with Crippen LogP contribution in [0.3, 0.4) is 0 Å². The summed E-state index contributed by atoms with van der Waals surface area (Å²) >= 11 is 0. The molecule has 1 aliphatic carbocycles. The van der Waals surface area contributed by atoms with Gasteiger partial charge in [-0.3, -0.25) is 4.98 Å². The van der Waals surface area contributed by atoms with Crippen molar-refractivity contribution in [3.8, 4) is 22.3 Å². The molecule has 1 aliphatic rings. The van der Waals surface area contributed by atoms with E-state index in [1.54, 1.807) is 6.07 Å². The largest absolute Gasteiger partial charge is 0.478 e. The Bertz CT molecular complexity index is 1630. The summed E-state index contributed by atoms with van der Waals surface area (Å²) in [7, 11) is 0. The Balaban J connectivity index is 1.61. The highest BCUT2D eigenvalue weighted by Crippen LogP contribution is 2.42. The zero-order valence-corrected chi connectivity index (χ0v) is 21.8. The van der Waals surface area contributed by atoms with Crippen molar-refractivity contribution in [1.82, 2.24) is 19.7 Å². The topological polar surface area (TPSA) is 94.0 Å². The predicted octanol–water partition coefficient (Wildman–Crippen LogP) is 7.16. The summed E-state index contributed by atoms with van der Waals surface area (Å²) in [6.45, 7) is 5.69. The molecule has 1 fully saturated rings. The van der Waals surface area contributed by atoms with Crippen molar-refractivity contribution in [3.05, 3.63) is 89.3 Å². The van der Waals surface area contributed by atoms with Gasteiger partial charge >= 0.3 is 5.97 Å². The number of hydrogen-bond acceptors (Lipinski definition) is 5. The van der Waals surface area contributed by atoms with Crippen molar-refractivity contribution >= 4 is 17.0 Å². The first-order valence-corrected chi connectivity index (χ1v) is 13.1. The molecule has 1 atom stereocenters. The van der Waals surface area contributed by atoms with E-state index in [1.165, 1.54) is 12.8 Å². The van der Waals surface area contributed by atoms with Crippen LogP contribution < -0.4 is 0 Å². The minimum atomic E-state index is -0.921. The van der Waals surface area contributed by atoms with Gasteiger partial charge in [0, 0.05) is 40.7 Å². The van der Waals surface area contributed by atoms with Crippen LogP contribution >= 0.6 is 0 Å². The van der Waals surface area contributed by atoms with Crippen LogP contribution in [0.1, 0.15) is 64.8 Å². The van der Waals surface area contributed by atoms with E-state index in [2.05, 4.69) is 28.1 Å². The third-order valence-corrected chi connectivity index (χ3v) is 7.90. The second-order valence-corrected chi connectivity index (χ2v) is 10.3. The lowest BCUT2D eigenvalue weighted by atomic mass is 9.94. The molecule has 38 heavy (non-hydrogen) atoms. The Morgan fingerprint density at radius 1 is 1.05 bits per heavy atom. The minimum absolute atomic E-state index is 0.0618. The maximum atomic E-state index is 11.7. The first kappa shape index (κ1) is 24.1. The maximum Gasteiger partial charge on any atom is 0.335 e. The summed E-state index contributed by atoms with van der Waals surface area (Å²) in [5, 5.41) is 14.7. The van der Waals surface area contributed by atoms with Gasteiger partial charge < -0.3 is 14.2 Å². The molecule has 1 saturated carbocycles. The van der Waals surface area contributed by atoms with E-state index < -0.39 is 5.97 Å². The number of carboxylic acids is 1. The molecule has 0 spiro atoms. The van der Waals surface area contributed by atoms with Crippen LogP contribution in [-0.2, 0) is 0 Å². The second kappa shape index (κ2) is 9.56. The molecular formula is C31H30N4O3. The summed E-state index contributed by atoms with van der Waals surface area (Å²) in [6, 6.07) is 13.9. The molecule has 1 aromatic carbocycles. The van der Waals surface area contributed by atoms with Crippen molar-refractivity contribution < 1.29 is 14.4 Å². The molecule has 0 bridgehead atoms. The first-order chi connectivity index (χ1) is 18.4. The number of aromatic nitrogens is 4. The Kier molecular flexibility index (Phi) is 6.06. The van der Waals surface area contributed by atoms with Crippen LogP contribution in [-0.4, -0.2) is 30.8 Å². The molecule has 0 radical (unpaired) electrons. The van der Waals surface area contributed by atoms with E-state index in [0.717, 1.165) is 68.8 Å². The van der Waals surface area contributed by atoms with Crippen LogP contribution in [0, 0.1) is 26.7 Å². The van der Waals surface area contributed by atoms with Crippen molar-refractivity contribution in [2.45, 2.75) is 52.5 Å². The van der Waals surface area contributed by atoms with Crippen LogP contribution in [0.2, 0.25) is 0 Å². The molecule has 5 aromatic rings. The fourth-order valence-electron chi connectivity index (χ4n) is 6.11. The van der Waals surface area contributed by atoms with E-state index in [4.69, 9.17) is 14.5 Å². The summed E-state index contributed by atoms with van der Waals surface area (Å²) in [4.78, 5) is 21.5. The molecule has 0 amide bonds. The Morgan fingerprint density at radius 3 is 2.53 bits per heavy atom. The van der Waals surface area contributed by atoms with Gasteiger partial charge in [-0.05, 0) is 74.9 Å². The fraction of sp³-hybridized carbons (Fsp3) is 0.290. The van der Waals surface area contributed by atoms with Gasteiger partial charge in [-0.25, -0.2) is 9.78 Å². The molecule has 1 unspecified atom stereocenters. The van der Waals surface area contributed by atoms with Crippen molar-refractivity contribution in [1.29, 1.82) is 0 Å². The number of fused-ring (bicyclic) bond motifs is 1. The number of rotatable bonds is 6. The molecular weight excluding hydrogens is 476 g/mol. The number of aromatic carboxylic acids is 1. The lowest BCUT2D eigenvalue weighted by Gasteiger charge is -2.25. The van der Waals surface area contributed by atoms with Gasteiger partial charge in [-0.1, -0.05) is 36.2 Å². The van der Waals surface area contributed by atoms with E-state index in [-0.39, 0.29) is 6.04 Å². The standard InChI is InChI=1S/C31H30N4O3/c1-18-14-22(11-12-24(18)31(36)37)26-17-35(29(21-8-4-5-9-21)27-10-6-7-13-32-27)30-25(26)15-23(16-33-30)28-19(2)34-38-20(28)3/h6-7,10-17,21,29H,4-5,8-9H2,1-3H3,(H,36,37). The van der Waals surface area contributed by atoms with Gasteiger partial charge in [0.05, 0.1) is 23.0 Å². The number of hydrogen-bond donors (Lipinski definition) is 1. The normalized spacial score (nSPS) is 14.8. The van der Waals surface area contributed by atoms with Crippen molar-refractivity contribution in [3.63, 3.8) is 0 Å². The average Bonchev–Trinajstić information content (AvgIpc) is 3.64. The molecule has 7 nitrogen and oxygen atoms in total. The molecule has 0 saturated heterocycles. The number of aryl methyl sites for hydroxylation is 3. The molecule has 6 rings (SSSR count). The number of carboxylic acid groups (broad SMARTS) is 1. The molecule has 192 valence electrons. The van der Waals surface area contributed by atoms with Gasteiger partial charge in [0.2, 0.25) is 0 Å². The number of nitrogens with zero attached hydrogens (tertiary/aromatic N) is 4. The van der Waals surface area contributed by atoms with Crippen LogP contribution in [0.15, 0.2) is 65.6 Å². The summed E-state index contributed by atoms with van der Waals surface area (Å²) in [5.74, 6) is 0.299. The Hall–Kier alpha value is -4.26. The van der Waals surface area contributed by atoms with Gasteiger partial charge in [0.25, 0.3) is 0 Å². The van der Waals surface area contributed by atoms with Gasteiger partial charge in [-0.15, -0.1) is 0 Å². The number of pyridine rings is 2. The van der Waals surface area contributed by atoms with Crippen LogP contribution in [0.5, 0.6) is 0 Å². The SMILES string of the molecule is Cc1cc(-c2cn(C(c3ccccn3)C3CCCC3)c3ncc(-c4c(C)noc4C)cc23)ccc1C(=O)O. The zero-order chi connectivity index (χ0) is 26.4. The molecule has 0 aliphatic heterocycles. The monoisotopic (exact) mass is 506 g/mol. The average molecular weight is 507 g/mol. The lowest BCUT2D eigenvalue weighted by Crippen LogP contribution is -2.19. The maximum absolute atomic E-state index is 11.7. The Labute approximate surface area is 221 Å². The first-order valence-electron chi connectivity index (χ1n) is 13.1. The van der Waals surface area contributed by atoms with Crippen LogP contribution in [0.25, 0.3) is 33.3 Å².